The van der Waals surface area contributed by atoms with Gasteiger partial charge in [0.25, 0.3) is 5.91 Å². The van der Waals surface area contributed by atoms with Crippen molar-refractivity contribution >= 4 is 34.8 Å². The average molecular weight is 551 g/mol. The topological polar surface area (TPSA) is 101 Å². The molecule has 1 aliphatic rings. The molecule has 10 heteroatoms. The fraction of sp³-hybridized carbons (Fsp3) is 0.161. The van der Waals surface area contributed by atoms with Gasteiger partial charge in [-0.05, 0) is 77.7 Å². The minimum Gasteiger partial charge on any atom is -0.495 e. The Kier molecular flexibility index (Phi) is 7.03. The van der Waals surface area contributed by atoms with E-state index < -0.39 is 0 Å². The van der Waals surface area contributed by atoms with Crippen molar-refractivity contribution in [3.05, 3.63) is 102 Å². The maximum atomic E-state index is 13.1. The summed E-state index contributed by atoms with van der Waals surface area (Å²) < 4.78 is 20.3. The molecule has 1 aliphatic heterocycles. The minimum absolute atomic E-state index is 0.0000963. The number of carbonyl (C=O) groups excluding carboxylic acids is 2. The predicted octanol–water partition coefficient (Wildman–Crippen LogP) is 5.31. The van der Waals surface area contributed by atoms with Crippen LogP contribution in [0.1, 0.15) is 22.3 Å². The Bertz CT molecular complexity index is 1730. The third kappa shape index (κ3) is 5.72. The van der Waals surface area contributed by atoms with Crippen LogP contribution in [0.15, 0.2) is 85.1 Å². The lowest BCUT2D eigenvalue weighted by Crippen LogP contribution is -2.42. The monoisotopic (exact) mass is 550 g/mol. The number of nitrogens with one attached hydrogen (secondary N) is 2. The number of anilines is 3. The van der Waals surface area contributed by atoms with Crippen LogP contribution in [0.3, 0.4) is 0 Å². The first-order valence-corrected chi connectivity index (χ1v) is 13.2. The molecular formula is C31H27FN6O3. The number of fused-ring (bicyclic) bond motifs is 1. The van der Waals surface area contributed by atoms with E-state index in [2.05, 4.69) is 20.7 Å². The largest absolute Gasteiger partial charge is 0.495 e. The standard InChI is InChI=1S/C31H27FN6O3/c1-41-27-18-23(30(40)37-14-2-15-37)7-12-26(27)34-31-35-28-19-22(13-16-38(28)36-31)21-5-10-25(11-6-21)33-29(39)17-20-3-8-24(32)9-4-20/h3-13,16,18-19H,2,14-15,17H2,1H3,(H,33,39)(H,34,36). The van der Waals surface area contributed by atoms with Gasteiger partial charge >= 0.3 is 0 Å². The van der Waals surface area contributed by atoms with Gasteiger partial charge in [-0.25, -0.2) is 8.91 Å². The van der Waals surface area contributed by atoms with Gasteiger partial charge in [-0.3, -0.25) is 9.59 Å². The normalized spacial score (nSPS) is 12.6. The molecule has 41 heavy (non-hydrogen) atoms. The summed E-state index contributed by atoms with van der Waals surface area (Å²) in [5, 5.41) is 10.6. The summed E-state index contributed by atoms with van der Waals surface area (Å²) in [6.45, 7) is 1.57. The van der Waals surface area contributed by atoms with Crippen LogP contribution in [0.5, 0.6) is 5.75 Å². The van der Waals surface area contributed by atoms with E-state index in [-0.39, 0.29) is 24.1 Å². The Hall–Kier alpha value is -5.25. The van der Waals surface area contributed by atoms with Gasteiger partial charge in [0.15, 0.2) is 5.65 Å². The Morgan fingerprint density at radius 1 is 0.951 bits per heavy atom. The number of hydrogen-bond donors (Lipinski definition) is 2. The maximum Gasteiger partial charge on any atom is 0.253 e. The number of halogens is 1. The maximum absolute atomic E-state index is 13.1. The molecule has 0 radical (unpaired) electrons. The van der Waals surface area contributed by atoms with E-state index in [9.17, 15) is 14.0 Å². The quantitative estimate of drug-likeness (QED) is 0.271. The Balaban J connectivity index is 1.13. The predicted molar refractivity (Wildman–Crippen MR) is 154 cm³/mol. The Labute approximate surface area is 235 Å². The summed E-state index contributed by atoms with van der Waals surface area (Å²) in [5.41, 5.74) is 5.17. The number of methoxy groups -OCH3 is 1. The molecule has 0 unspecified atom stereocenters. The third-order valence-electron chi connectivity index (χ3n) is 6.96. The number of amides is 2. The molecule has 2 aromatic heterocycles. The van der Waals surface area contributed by atoms with Crippen molar-refractivity contribution in [3.8, 4) is 16.9 Å². The second-order valence-corrected chi connectivity index (χ2v) is 9.77. The molecule has 3 aromatic carbocycles. The molecule has 6 rings (SSSR count). The zero-order valence-electron chi connectivity index (χ0n) is 22.3. The molecule has 1 saturated heterocycles. The van der Waals surface area contributed by atoms with Crippen molar-refractivity contribution < 1.29 is 18.7 Å². The van der Waals surface area contributed by atoms with E-state index in [0.717, 1.165) is 36.2 Å². The molecule has 0 bridgehead atoms. The number of hydrogen-bond acceptors (Lipinski definition) is 6. The van der Waals surface area contributed by atoms with E-state index in [1.54, 1.807) is 42.0 Å². The van der Waals surface area contributed by atoms with Crippen LogP contribution in [-0.4, -0.2) is 51.5 Å². The van der Waals surface area contributed by atoms with Gasteiger partial charge < -0.3 is 20.3 Å². The SMILES string of the molecule is COc1cc(C(=O)N2CCC2)ccc1Nc1nc2cc(-c3ccc(NC(=O)Cc4ccc(F)cc4)cc3)ccn2n1. The number of aromatic nitrogens is 3. The second kappa shape index (κ2) is 11.1. The lowest BCUT2D eigenvalue weighted by atomic mass is 10.1. The van der Waals surface area contributed by atoms with Crippen LogP contribution >= 0.6 is 0 Å². The van der Waals surface area contributed by atoms with Crippen LogP contribution in [-0.2, 0) is 11.2 Å². The summed E-state index contributed by atoms with van der Waals surface area (Å²) in [6, 6.07) is 22.5. The fourth-order valence-corrected chi connectivity index (χ4v) is 4.60. The molecule has 2 N–H and O–H groups in total. The lowest BCUT2D eigenvalue weighted by molar-refractivity contribution is -0.115. The highest BCUT2D eigenvalue weighted by atomic mass is 19.1. The van der Waals surface area contributed by atoms with E-state index in [1.165, 1.54) is 12.1 Å². The molecule has 0 saturated carbocycles. The highest BCUT2D eigenvalue weighted by Crippen LogP contribution is 2.29. The number of benzene rings is 3. The molecule has 3 heterocycles. The van der Waals surface area contributed by atoms with Gasteiger partial charge in [-0.2, -0.15) is 4.98 Å². The number of carbonyl (C=O) groups is 2. The smallest absolute Gasteiger partial charge is 0.253 e. The van der Waals surface area contributed by atoms with Crippen molar-refractivity contribution in [1.82, 2.24) is 19.5 Å². The number of ether oxygens (including phenoxy) is 1. The van der Waals surface area contributed by atoms with Crippen LogP contribution in [0, 0.1) is 5.82 Å². The van der Waals surface area contributed by atoms with Gasteiger partial charge in [-0.15, -0.1) is 5.10 Å². The first kappa shape index (κ1) is 26.0. The number of nitrogens with zero attached hydrogens (tertiary/aromatic N) is 4. The molecule has 2 amide bonds. The van der Waals surface area contributed by atoms with Crippen LogP contribution in [0.25, 0.3) is 16.8 Å². The summed E-state index contributed by atoms with van der Waals surface area (Å²) in [5.74, 6) is 0.411. The molecule has 0 atom stereocenters. The number of pyridine rings is 1. The summed E-state index contributed by atoms with van der Waals surface area (Å²) in [4.78, 5) is 31.4. The summed E-state index contributed by atoms with van der Waals surface area (Å²) in [6.07, 6.45) is 3.02. The first-order chi connectivity index (χ1) is 19.9. The van der Waals surface area contributed by atoms with Crippen LogP contribution in [0.2, 0.25) is 0 Å². The molecule has 9 nitrogen and oxygen atoms in total. The lowest BCUT2D eigenvalue weighted by Gasteiger charge is -2.31. The average Bonchev–Trinajstić information content (AvgIpc) is 3.35. The van der Waals surface area contributed by atoms with Gasteiger partial charge in [0.2, 0.25) is 11.9 Å². The minimum atomic E-state index is -0.330. The fourth-order valence-electron chi connectivity index (χ4n) is 4.60. The van der Waals surface area contributed by atoms with Crippen molar-refractivity contribution in [3.63, 3.8) is 0 Å². The van der Waals surface area contributed by atoms with Crippen molar-refractivity contribution in [2.45, 2.75) is 12.8 Å². The van der Waals surface area contributed by atoms with Crippen molar-refractivity contribution in [2.75, 3.05) is 30.8 Å². The van der Waals surface area contributed by atoms with E-state index in [0.29, 0.717) is 34.3 Å². The van der Waals surface area contributed by atoms with Crippen molar-refractivity contribution in [1.29, 1.82) is 0 Å². The summed E-state index contributed by atoms with van der Waals surface area (Å²) in [7, 11) is 1.56. The van der Waals surface area contributed by atoms with Gasteiger partial charge in [0.1, 0.15) is 11.6 Å². The number of likely N-dealkylation sites (tertiary alicyclic amines) is 1. The van der Waals surface area contributed by atoms with Gasteiger partial charge in [-0.1, -0.05) is 24.3 Å². The Morgan fingerprint density at radius 2 is 1.73 bits per heavy atom. The van der Waals surface area contributed by atoms with Crippen LogP contribution < -0.4 is 15.4 Å². The number of rotatable bonds is 8. The zero-order valence-corrected chi connectivity index (χ0v) is 22.3. The molecule has 0 aliphatic carbocycles. The molecule has 206 valence electrons. The van der Waals surface area contributed by atoms with Gasteiger partial charge in [0, 0.05) is 30.5 Å². The van der Waals surface area contributed by atoms with Crippen molar-refractivity contribution in [2.24, 2.45) is 0 Å². The highest BCUT2D eigenvalue weighted by molar-refractivity contribution is 5.96. The first-order valence-electron chi connectivity index (χ1n) is 13.2. The van der Waals surface area contributed by atoms with Crippen LogP contribution in [0.4, 0.5) is 21.7 Å². The molecule has 1 fully saturated rings. The molecule has 5 aromatic rings. The highest BCUT2D eigenvalue weighted by Gasteiger charge is 2.22. The van der Waals surface area contributed by atoms with E-state index >= 15 is 0 Å². The van der Waals surface area contributed by atoms with E-state index in [4.69, 9.17) is 4.74 Å². The van der Waals surface area contributed by atoms with E-state index in [1.807, 2.05) is 47.5 Å². The van der Waals surface area contributed by atoms with Gasteiger partial charge in [0.05, 0.1) is 19.2 Å². The molecular weight excluding hydrogens is 523 g/mol. The third-order valence-corrected chi connectivity index (χ3v) is 6.96. The summed E-state index contributed by atoms with van der Waals surface area (Å²) >= 11 is 0. The second-order valence-electron chi connectivity index (χ2n) is 9.77. The zero-order chi connectivity index (χ0) is 28.3. The molecule has 0 spiro atoms. The Morgan fingerprint density at radius 3 is 2.44 bits per heavy atom.